The van der Waals surface area contributed by atoms with Crippen molar-refractivity contribution in [3.8, 4) is 17.2 Å². The molecule has 5 rings (SSSR count). The SMILES string of the molecule is C[C@@H]1C[C@H](n2c(Nc3ccc(OC(F)(F)F)cc3)nc3cc(OCC(=O)Nc4cccc(OC(F)F)c4)ccc32)CC(C)(C)C1. The van der Waals surface area contributed by atoms with Gasteiger partial charge in [-0.05, 0) is 79.1 Å². The minimum Gasteiger partial charge on any atom is -0.484 e. The predicted octanol–water partition coefficient (Wildman–Crippen LogP) is 8.68. The van der Waals surface area contributed by atoms with Gasteiger partial charge in [0.25, 0.3) is 5.91 Å². The number of nitrogens with one attached hydrogen (secondary N) is 2. The fraction of sp³-hybridized carbons (Fsp3) is 0.375. The van der Waals surface area contributed by atoms with Crippen LogP contribution in [0, 0.1) is 11.3 Å². The van der Waals surface area contributed by atoms with Gasteiger partial charge >= 0.3 is 13.0 Å². The van der Waals surface area contributed by atoms with Crippen LogP contribution < -0.4 is 24.8 Å². The summed E-state index contributed by atoms with van der Waals surface area (Å²) >= 11 is 0. The Morgan fingerprint density at radius 2 is 1.73 bits per heavy atom. The predicted molar refractivity (Wildman–Crippen MR) is 159 cm³/mol. The highest BCUT2D eigenvalue weighted by Gasteiger charge is 2.35. The van der Waals surface area contributed by atoms with Crippen molar-refractivity contribution in [2.45, 2.75) is 59.0 Å². The number of nitrogens with zero attached hydrogens (tertiary/aromatic N) is 2. The molecule has 1 heterocycles. The molecule has 1 amide bonds. The molecule has 0 unspecified atom stereocenters. The Hall–Kier alpha value is -4.55. The Morgan fingerprint density at radius 3 is 2.42 bits per heavy atom. The largest absolute Gasteiger partial charge is 0.573 e. The van der Waals surface area contributed by atoms with Crippen molar-refractivity contribution in [1.29, 1.82) is 0 Å². The van der Waals surface area contributed by atoms with Crippen LogP contribution in [0.4, 0.5) is 39.3 Å². The van der Waals surface area contributed by atoms with Crippen LogP contribution in [0.3, 0.4) is 0 Å². The van der Waals surface area contributed by atoms with Crippen LogP contribution in [-0.2, 0) is 4.79 Å². The van der Waals surface area contributed by atoms with Crippen LogP contribution in [0.1, 0.15) is 46.1 Å². The summed E-state index contributed by atoms with van der Waals surface area (Å²) in [4.78, 5) is 17.3. The van der Waals surface area contributed by atoms with Crippen LogP contribution in [0.15, 0.2) is 66.7 Å². The molecule has 0 radical (unpaired) electrons. The Morgan fingerprint density at radius 1 is 1.00 bits per heavy atom. The molecule has 3 aromatic carbocycles. The van der Waals surface area contributed by atoms with Gasteiger partial charge in [-0.3, -0.25) is 4.79 Å². The van der Waals surface area contributed by atoms with Crippen molar-refractivity contribution in [2.24, 2.45) is 11.3 Å². The first-order valence-corrected chi connectivity index (χ1v) is 14.4. The second-order valence-corrected chi connectivity index (χ2v) is 12.0. The molecule has 0 aliphatic heterocycles. The molecular formula is C32H33F5N4O4. The fourth-order valence-electron chi connectivity index (χ4n) is 6.08. The van der Waals surface area contributed by atoms with Gasteiger partial charge in [0.05, 0.1) is 11.0 Å². The lowest BCUT2D eigenvalue weighted by Gasteiger charge is -2.40. The number of aromatic nitrogens is 2. The summed E-state index contributed by atoms with van der Waals surface area (Å²) in [6.45, 7) is 3.36. The lowest BCUT2D eigenvalue weighted by atomic mass is 9.70. The van der Waals surface area contributed by atoms with E-state index >= 15 is 0 Å². The van der Waals surface area contributed by atoms with Gasteiger partial charge in [-0.1, -0.05) is 26.8 Å². The molecule has 1 aromatic heterocycles. The van der Waals surface area contributed by atoms with E-state index in [0.29, 0.717) is 28.8 Å². The van der Waals surface area contributed by atoms with Crippen molar-refractivity contribution >= 4 is 34.3 Å². The van der Waals surface area contributed by atoms with Crippen LogP contribution in [0.25, 0.3) is 11.0 Å². The monoisotopic (exact) mass is 632 g/mol. The second-order valence-electron chi connectivity index (χ2n) is 12.0. The first-order valence-electron chi connectivity index (χ1n) is 14.4. The number of fused-ring (bicyclic) bond motifs is 1. The maximum Gasteiger partial charge on any atom is 0.573 e. The smallest absolute Gasteiger partial charge is 0.484 e. The van der Waals surface area contributed by atoms with Gasteiger partial charge in [-0.2, -0.15) is 8.78 Å². The van der Waals surface area contributed by atoms with Crippen molar-refractivity contribution in [1.82, 2.24) is 9.55 Å². The van der Waals surface area contributed by atoms with Gasteiger partial charge in [-0.25, -0.2) is 4.98 Å². The molecule has 1 fully saturated rings. The highest BCUT2D eigenvalue weighted by atomic mass is 19.4. The van der Waals surface area contributed by atoms with E-state index in [9.17, 15) is 26.7 Å². The minimum atomic E-state index is -4.79. The number of carbonyl (C=O) groups excluding carboxylic acids is 1. The quantitative estimate of drug-likeness (QED) is 0.170. The van der Waals surface area contributed by atoms with Gasteiger partial charge in [0, 0.05) is 29.5 Å². The standard InChI is InChI=1S/C32H33F5N4O4/c1-19-13-22(17-31(2,3)16-19)41-27-12-11-24(43-18-28(42)38-21-5-4-6-25(14-21)44-29(33)34)15-26(27)40-30(41)39-20-7-9-23(10-8-20)45-32(35,36)37/h4-12,14-15,19,22,29H,13,16-18H2,1-3H3,(H,38,42)(H,39,40)/t19-,22+/m1/s1. The topological polar surface area (TPSA) is 86.6 Å². The molecule has 2 atom stereocenters. The number of amides is 1. The van der Waals surface area contributed by atoms with Crippen LogP contribution >= 0.6 is 0 Å². The molecule has 240 valence electrons. The van der Waals surface area contributed by atoms with Gasteiger partial charge < -0.3 is 29.4 Å². The fourth-order valence-corrected chi connectivity index (χ4v) is 6.08. The molecule has 2 N–H and O–H groups in total. The normalized spacial score (nSPS) is 18.1. The van der Waals surface area contributed by atoms with Crippen molar-refractivity contribution in [2.75, 3.05) is 17.2 Å². The maximum absolute atomic E-state index is 12.6. The molecule has 0 bridgehead atoms. The molecular weight excluding hydrogens is 599 g/mol. The molecule has 45 heavy (non-hydrogen) atoms. The number of hydrogen-bond acceptors (Lipinski definition) is 6. The molecule has 0 spiro atoms. The summed E-state index contributed by atoms with van der Waals surface area (Å²) in [5.41, 5.74) is 2.32. The molecule has 8 nitrogen and oxygen atoms in total. The summed E-state index contributed by atoms with van der Waals surface area (Å²) in [6.07, 6.45) is -1.88. The Bertz CT molecular complexity index is 1640. The van der Waals surface area contributed by atoms with Crippen LogP contribution in [-0.4, -0.2) is 35.0 Å². The number of benzene rings is 3. The van der Waals surface area contributed by atoms with Crippen molar-refractivity contribution < 1.29 is 41.0 Å². The Balaban J connectivity index is 1.36. The third-order valence-electron chi connectivity index (χ3n) is 7.45. The van der Waals surface area contributed by atoms with Gasteiger partial charge in [-0.15, -0.1) is 13.2 Å². The highest BCUT2D eigenvalue weighted by molar-refractivity contribution is 5.92. The van der Waals surface area contributed by atoms with E-state index in [0.717, 1.165) is 24.8 Å². The maximum atomic E-state index is 12.6. The van der Waals surface area contributed by atoms with E-state index in [1.54, 1.807) is 12.1 Å². The summed E-state index contributed by atoms with van der Waals surface area (Å²) in [5, 5.41) is 5.84. The zero-order valence-electron chi connectivity index (χ0n) is 24.8. The average Bonchev–Trinajstić information content (AvgIpc) is 3.28. The summed E-state index contributed by atoms with van der Waals surface area (Å²) in [6, 6.07) is 16.5. The summed E-state index contributed by atoms with van der Waals surface area (Å²) in [7, 11) is 0. The third kappa shape index (κ3) is 8.55. The number of rotatable bonds is 10. The van der Waals surface area contributed by atoms with E-state index in [1.165, 1.54) is 48.5 Å². The number of carbonyl (C=O) groups is 1. The Kier molecular flexibility index (Phi) is 9.08. The molecule has 13 heteroatoms. The third-order valence-corrected chi connectivity index (χ3v) is 7.45. The number of halogens is 5. The van der Waals surface area contributed by atoms with Crippen LogP contribution in [0.2, 0.25) is 0 Å². The van der Waals surface area contributed by atoms with E-state index in [-0.39, 0.29) is 35.3 Å². The first-order chi connectivity index (χ1) is 21.2. The van der Waals surface area contributed by atoms with Crippen molar-refractivity contribution in [3.05, 3.63) is 66.7 Å². The highest BCUT2D eigenvalue weighted by Crippen LogP contribution is 2.46. The van der Waals surface area contributed by atoms with Crippen LogP contribution in [0.5, 0.6) is 17.2 Å². The molecule has 0 saturated heterocycles. The average molecular weight is 633 g/mol. The van der Waals surface area contributed by atoms with Gasteiger partial charge in [0.1, 0.15) is 17.2 Å². The number of anilines is 3. The lowest BCUT2D eigenvalue weighted by Crippen LogP contribution is -2.29. The zero-order valence-corrected chi connectivity index (χ0v) is 24.8. The van der Waals surface area contributed by atoms with E-state index in [2.05, 4.69) is 45.4 Å². The number of alkyl halides is 5. The van der Waals surface area contributed by atoms with Gasteiger partial charge in [0.2, 0.25) is 5.95 Å². The van der Waals surface area contributed by atoms with E-state index in [4.69, 9.17) is 9.72 Å². The summed E-state index contributed by atoms with van der Waals surface area (Å²) in [5.74, 6) is 0.444. The molecule has 1 saturated carbocycles. The van der Waals surface area contributed by atoms with E-state index in [1.807, 2.05) is 6.07 Å². The second kappa shape index (κ2) is 12.8. The number of hydrogen-bond donors (Lipinski definition) is 2. The number of ether oxygens (including phenoxy) is 3. The zero-order chi connectivity index (χ0) is 32.4. The van der Waals surface area contributed by atoms with E-state index < -0.39 is 18.9 Å². The lowest BCUT2D eigenvalue weighted by molar-refractivity contribution is -0.274. The molecule has 1 aliphatic carbocycles. The van der Waals surface area contributed by atoms with Crippen molar-refractivity contribution in [3.63, 3.8) is 0 Å². The first kappa shape index (κ1) is 31.9. The Labute approximate surface area is 256 Å². The molecule has 4 aromatic rings. The minimum absolute atomic E-state index is 0.0875. The number of imidazole rings is 1. The summed E-state index contributed by atoms with van der Waals surface area (Å²) < 4.78 is 79.1. The molecule has 1 aliphatic rings. The van der Waals surface area contributed by atoms with Gasteiger partial charge in [0.15, 0.2) is 6.61 Å².